The molecule has 2 aliphatic heterocycles. The fourth-order valence-electron chi connectivity index (χ4n) is 3.34. The van der Waals surface area contributed by atoms with Gasteiger partial charge in [-0.1, -0.05) is 6.92 Å². The minimum Gasteiger partial charge on any atom is -0.347 e. The molecule has 2 bridgehead atoms. The van der Waals surface area contributed by atoms with E-state index in [9.17, 15) is 9.59 Å². The van der Waals surface area contributed by atoms with E-state index in [2.05, 4.69) is 17.6 Å². The first-order valence-corrected chi connectivity index (χ1v) is 7.40. The number of fused-ring (bicyclic) bond motifs is 2. The molecule has 5 heteroatoms. The van der Waals surface area contributed by atoms with Crippen molar-refractivity contribution in [2.45, 2.75) is 64.1 Å². The van der Waals surface area contributed by atoms with Gasteiger partial charge in [0.15, 0.2) is 0 Å². The van der Waals surface area contributed by atoms with E-state index in [0.29, 0.717) is 18.1 Å². The van der Waals surface area contributed by atoms with E-state index in [0.717, 1.165) is 25.8 Å². The van der Waals surface area contributed by atoms with Gasteiger partial charge >= 0.3 is 0 Å². The van der Waals surface area contributed by atoms with Gasteiger partial charge in [0.25, 0.3) is 0 Å². The lowest BCUT2D eigenvalue weighted by Crippen LogP contribution is -2.52. The molecule has 2 amide bonds. The van der Waals surface area contributed by atoms with Gasteiger partial charge in [0.2, 0.25) is 11.8 Å². The number of nitrogens with one attached hydrogen (secondary N) is 2. The molecule has 0 spiro atoms. The van der Waals surface area contributed by atoms with Crippen LogP contribution >= 0.6 is 0 Å². The Balaban J connectivity index is 1.94. The summed E-state index contributed by atoms with van der Waals surface area (Å²) in [5.41, 5.74) is 0. The molecule has 0 aromatic carbocycles. The van der Waals surface area contributed by atoms with Crippen LogP contribution in [0.15, 0.2) is 0 Å². The van der Waals surface area contributed by atoms with Crippen LogP contribution in [0.1, 0.15) is 46.0 Å². The van der Waals surface area contributed by atoms with Gasteiger partial charge in [-0.15, -0.1) is 0 Å². The van der Waals surface area contributed by atoms with Crippen molar-refractivity contribution in [2.75, 3.05) is 13.1 Å². The van der Waals surface area contributed by atoms with E-state index >= 15 is 0 Å². The Hall–Kier alpha value is -1.10. The Morgan fingerprint density at radius 3 is 2.42 bits per heavy atom. The van der Waals surface area contributed by atoms with Gasteiger partial charge in [-0.2, -0.15) is 0 Å². The van der Waals surface area contributed by atoms with Crippen LogP contribution in [0.3, 0.4) is 0 Å². The van der Waals surface area contributed by atoms with Crippen LogP contribution in [0.25, 0.3) is 0 Å². The van der Waals surface area contributed by atoms with Gasteiger partial charge in [-0.25, -0.2) is 0 Å². The van der Waals surface area contributed by atoms with Crippen molar-refractivity contribution in [1.29, 1.82) is 0 Å². The van der Waals surface area contributed by atoms with Crippen molar-refractivity contribution in [1.82, 2.24) is 15.5 Å². The van der Waals surface area contributed by atoms with Crippen molar-refractivity contribution in [3.63, 3.8) is 0 Å². The number of piperidine rings is 1. The van der Waals surface area contributed by atoms with Crippen LogP contribution in [-0.4, -0.2) is 47.9 Å². The summed E-state index contributed by atoms with van der Waals surface area (Å²) >= 11 is 0. The number of hydrogen-bond acceptors (Lipinski definition) is 3. The van der Waals surface area contributed by atoms with E-state index in [1.165, 1.54) is 19.8 Å². The number of rotatable bonds is 5. The lowest BCUT2D eigenvalue weighted by molar-refractivity contribution is -0.135. The molecule has 0 aromatic heterocycles. The molecule has 2 aliphatic rings. The molecular weight excluding hydrogens is 242 g/mol. The lowest BCUT2D eigenvalue weighted by atomic mass is 9.98. The zero-order chi connectivity index (χ0) is 13.8. The molecule has 2 heterocycles. The van der Waals surface area contributed by atoms with E-state index in [1.54, 1.807) is 0 Å². The minimum atomic E-state index is -0.143. The van der Waals surface area contributed by atoms with Crippen LogP contribution < -0.4 is 10.6 Å². The zero-order valence-electron chi connectivity index (χ0n) is 11.9. The Labute approximate surface area is 115 Å². The van der Waals surface area contributed by atoms with Gasteiger partial charge in [-0.3, -0.25) is 9.59 Å². The van der Waals surface area contributed by atoms with Gasteiger partial charge in [0.1, 0.15) is 0 Å². The third-order valence-corrected chi connectivity index (χ3v) is 4.16. The van der Waals surface area contributed by atoms with Crippen LogP contribution in [-0.2, 0) is 9.59 Å². The van der Waals surface area contributed by atoms with Gasteiger partial charge in [0.05, 0.1) is 6.54 Å². The van der Waals surface area contributed by atoms with Crippen molar-refractivity contribution in [3.8, 4) is 0 Å². The first-order valence-electron chi connectivity index (χ1n) is 7.40. The first-order chi connectivity index (χ1) is 9.10. The summed E-state index contributed by atoms with van der Waals surface area (Å²) in [4.78, 5) is 25.2. The molecule has 2 fully saturated rings. The van der Waals surface area contributed by atoms with Crippen molar-refractivity contribution in [2.24, 2.45) is 0 Å². The summed E-state index contributed by atoms with van der Waals surface area (Å²) in [5.74, 6) is -0.0847. The van der Waals surface area contributed by atoms with E-state index < -0.39 is 0 Å². The van der Waals surface area contributed by atoms with Crippen molar-refractivity contribution >= 4 is 11.8 Å². The summed E-state index contributed by atoms with van der Waals surface area (Å²) in [7, 11) is 0. The highest BCUT2D eigenvalue weighted by molar-refractivity contribution is 5.83. The molecular formula is C14H25N3O2. The van der Waals surface area contributed by atoms with E-state index in [4.69, 9.17) is 0 Å². The molecule has 0 aliphatic carbocycles. The van der Waals surface area contributed by atoms with Gasteiger partial charge in [-0.05, 0) is 32.1 Å². The number of hydrogen-bond donors (Lipinski definition) is 2. The summed E-state index contributed by atoms with van der Waals surface area (Å²) < 4.78 is 0. The Morgan fingerprint density at radius 1 is 1.26 bits per heavy atom. The number of carbonyl (C=O) groups excluding carboxylic acids is 2. The molecule has 0 aromatic rings. The van der Waals surface area contributed by atoms with Crippen LogP contribution in [0.5, 0.6) is 0 Å². The lowest BCUT2D eigenvalue weighted by Gasteiger charge is -2.37. The number of nitrogens with zero attached hydrogens (tertiary/aromatic N) is 1. The smallest absolute Gasteiger partial charge is 0.242 e. The largest absolute Gasteiger partial charge is 0.347 e. The summed E-state index contributed by atoms with van der Waals surface area (Å²) in [5, 5.41) is 6.21. The average molecular weight is 267 g/mol. The molecule has 5 nitrogen and oxygen atoms in total. The highest BCUT2D eigenvalue weighted by atomic mass is 16.2. The quantitative estimate of drug-likeness (QED) is 0.768. The fraction of sp³-hybridized carbons (Fsp3) is 0.857. The monoisotopic (exact) mass is 267 g/mol. The highest BCUT2D eigenvalue weighted by Gasteiger charge is 2.37. The van der Waals surface area contributed by atoms with Gasteiger partial charge < -0.3 is 15.5 Å². The molecule has 108 valence electrons. The third-order valence-electron chi connectivity index (χ3n) is 4.16. The third kappa shape index (κ3) is 3.69. The standard InChI is InChI=1S/C14H25N3O2/c1-3-6-17(14(19)9-15-10(2)18)13-7-11-4-5-12(8-13)16-11/h11-13,16H,3-9H2,1-2H3,(H,15,18). The van der Waals surface area contributed by atoms with Crippen LogP contribution in [0.2, 0.25) is 0 Å². The Morgan fingerprint density at radius 2 is 1.89 bits per heavy atom. The fourth-order valence-corrected chi connectivity index (χ4v) is 3.34. The molecule has 19 heavy (non-hydrogen) atoms. The maximum atomic E-state index is 12.3. The average Bonchev–Trinajstić information content (AvgIpc) is 2.72. The summed E-state index contributed by atoms with van der Waals surface area (Å²) in [6.07, 6.45) is 5.55. The second-order valence-corrected chi connectivity index (χ2v) is 5.76. The number of carbonyl (C=O) groups is 2. The molecule has 2 rings (SSSR count). The zero-order valence-corrected chi connectivity index (χ0v) is 11.9. The maximum Gasteiger partial charge on any atom is 0.242 e. The molecule has 2 atom stereocenters. The normalized spacial score (nSPS) is 29.1. The van der Waals surface area contributed by atoms with Crippen molar-refractivity contribution in [3.05, 3.63) is 0 Å². The summed E-state index contributed by atoms with van der Waals surface area (Å²) in [6.45, 7) is 4.47. The second kappa shape index (κ2) is 6.37. The van der Waals surface area contributed by atoms with Crippen LogP contribution in [0, 0.1) is 0 Å². The predicted octanol–water partition coefficient (Wildman–Crippen LogP) is 0.644. The minimum absolute atomic E-state index is 0.0587. The van der Waals surface area contributed by atoms with E-state index in [1.807, 2.05) is 4.90 Å². The second-order valence-electron chi connectivity index (χ2n) is 5.76. The summed E-state index contributed by atoms with van der Waals surface area (Å²) in [6, 6.07) is 1.51. The van der Waals surface area contributed by atoms with Crippen molar-refractivity contribution < 1.29 is 9.59 Å². The van der Waals surface area contributed by atoms with Gasteiger partial charge in [0, 0.05) is 31.6 Å². The predicted molar refractivity (Wildman–Crippen MR) is 73.7 cm³/mol. The Bertz CT molecular complexity index is 334. The topological polar surface area (TPSA) is 61.4 Å². The SMILES string of the molecule is CCCN(C(=O)CNC(C)=O)C1CC2CCC(C1)N2. The van der Waals surface area contributed by atoms with Crippen LogP contribution in [0.4, 0.5) is 0 Å². The molecule has 2 N–H and O–H groups in total. The molecule has 0 radical (unpaired) electrons. The molecule has 0 saturated carbocycles. The first kappa shape index (κ1) is 14.3. The number of amides is 2. The highest BCUT2D eigenvalue weighted by Crippen LogP contribution is 2.29. The van der Waals surface area contributed by atoms with E-state index in [-0.39, 0.29) is 18.4 Å². The molecule has 2 unspecified atom stereocenters. The Kier molecular flexibility index (Phi) is 4.80. The molecule has 2 saturated heterocycles. The maximum absolute atomic E-state index is 12.3.